The Morgan fingerprint density at radius 3 is 2.76 bits per heavy atom. The number of hydrogen-bond acceptors (Lipinski definition) is 4. The molecule has 1 heterocycles. The highest BCUT2D eigenvalue weighted by molar-refractivity contribution is 5.89. The molecule has 25 heavy (non-hydrogen) atoms. The van der Waals surface area contributed by atoms with E-state index in [9.17, 15) is 14.7 Å². The Morgan fingerprint density at radius 1 is 1.16 bits per heavy atom. The Balaban J connectivity index is 1.53. The molecule has 1 aliphatic heterocycles. The molecule has 0 aromatic carbocycles. The van der Waals surface area contributed by atoms with E-state index in [1.807, 2.05) is 0 Å². The zero-order valence-corrected chi connectivity index (χ0v) is 15.2. The normalized spacial score (nSPS) is 54.1. The first-order chi connectivity index (χ1) is 11.8. The lowest BCUT2D eigenvalue weighted by molar-refractivity contribution is -0.158. The number of fused-ring (bicyclic) bond motifs is 7. The fourth-order valence-corrected chi connectivity index (χ4v) is 7.57. The monoisotopic (exact) mass is 344 g/mol. The molecule has 5 rings (SSSR count). The maximum absolute atomic E-state index is 13.4. The molecule has 0 spiro atoms. The quantitative estimate of drug-likeness (QED) is 0.686. The van der Waals surface area contributed by atoms with E-state index in [-0.39, 0.29) is 34.9 Å². The third kappa shape index (κ3) is 1.98. The first-order valence-electron chi connectivity index (χ1n) is 9.96. The number of aliphatic hydroxyl groups excluding tert-OH is 1. The average molecular weight is 344 g/mol. The van der Waals surface area contributed by atoms with E-state index < -0.39 is 0 Å². The molecule has 0 aromatic heterocycles. The van der Waals surface area contributed by atoms with Crippen LogP contribution in [-0.4, -0.2) is 29.1 Å². The van der Waals surface area contributed by atoms with Gasteiger partial charge in [0.05, 0.1) is 6.10 Å². The highest BCUT2D eigenvalue weighted by Crippen LogP contribution is 2.67. The number of carbonyl (C=O) groups excluding carboxylic acids is 2. The van der Waals surface area contributed by atoms with Crippen LogP contribution in [0.15, 0.2) is 11.6 Å². The van der Waals surface area contributed by atoms with Gasteiger partial charge in [-0.05, 0) is 67.3 Å². The Bertz CT molecular complexity index is 681. The second-order valence-electron chi connectivity index (χ2n) is 9.78. The average Bonchev–Trinajstić information content (AvgIpc) is 3.03. The zero-order valence-electron chi connectivity index (χ0n) is 15.2. The zero-order chi connectivity index (χ0) is 17.6. The third-order valence-corrected chi connectivity index (χ3v) is 8.72. The fraction of sp³-hybridized carbons (Fsp3) is 0.810. The minimum absolute atomic E-state index is 0.0450. The molecule has 1 N–H and O–H groups in total. The smallest absolute Gasteiger partial charge is 0.331 e. The summed E-state index contributed by atoms with van der Waals surface area (Å²) in [6, 6.07) is 0. The summed E-state index contributed by atoms with van der Waals surface area (Å²) in [5.74, 6) is 1.63. The molecular formula is C21H28O4. The molecule has 0 bridgehead atoms. The van der Waals surface area contributed by atoms with Crippen LogP contribution in [0, 0.1) is 34.5 Å². The number of Topliss-reactive ketones (excluding diaryl/α,β-unsaturated/α-hetero) is 1. The molecule has 136 valence electrons. The van der Waals surface area contributed by atoms with Gasteiger partial charge in [-0.1, -0.05) is 13.8 Å². The van der Waals surface area contributed by atoms with Gasteiger partial charge in [0.15, 0.2) is 0 Å². The van der Waals surface area contributed by atoms with Crippen molar-refractivity contribution in [2.45, 2.75) is 71.0 Å². The first kappa shape index (κ1) is 16.0. The second kappa shape index (κ2) is 4.97. The van der Waals surface area contributed by atoms with Gasteiger partial charge in [0.1, 0.15) is 11.9 Å². The van der Waals surface area contributed by atoms with E-state index in [0.717, 1.165) is 44.1 Å². The number of esters is 1. The minimum Gasteiger partial charge on any atom is -0.455 e. The van der Waals surface area contributed by atoms with Gasteiger partial charge in [-0.2, -0.15) is 0 Å². The number of carbonyl (C=O) groups is 2. The number of hydrogen-bond donors (Lipinski definition) is 1. The lowest BCUT2D eigenvalue weighted by atomic mass is 9.44. The van der Waals surface area contributed by atoms with E-state index >= 15 is 0 Å². The lowest BCUT2D eigenvalue weighted by Crippen LogP contribution is -2.57. The van der Waals surface area contributed by atoms with Crippen LogP contribution in [0.3, 0.4) is 0 Å². The molecule has 0 unspecified atom stereocenters. The van der Waals surface area contributed by atoms with Crippen LogP contribution in [0.1, 0.15) is 58.8 Å². The number of rotatable bonds is 0. The second-order valence-corrected chi connectivity index (χ2v) is 9.78. The molecule has 8 atom stereocenters. The third-order valence-electron chi connectivity index (χ3n) is 8.72. The topological polar surface area (TPSA) is 63.6 Å². The van der Waals surface area contributed by atoms with Crippen molar-refractivity contribution in [3.63, 3.8) is 0 Å². The van der Waals surface area contributed by atoms with E-state index in [1.54, 1.807) is 6.08 Å². The summed E-state index contributed by atoms with van der Waals surface area (Å²) < 4.78 is 5.53. The summed E-state index contributed by atoms with van der Waals surface area (Å²) in [4.78, 5) is 25.1. The van der Waals surface area contributed by atoms with Gasteiger partial charge in [0.25, 0.3) is 0 Å². The molecular weight excluding hydrogens is 316 g/mol. The molecule has 0 aromatic rings. The molecule has 5 aliphatic rings. The summed E-state index contributed by atoms with van der Waals surface area (Å²) in [5, 5.41) is 10.1. The largest absolute Gasteiger partial charge is 0.455 e. The van der Waals surface area contributed by atoms with Gasteiger partial charge in [0, 0.05) is 23.8 Å². The van der Waals surface area contributed by atoms with Crippen LogP contribution < -0.4 is 0 Å². The van der Waals surface area contributed by atoms with Crippen molar-refractivity contribution >= 4 is 11.8 Å². The summed E-state index contributed by atoms with van der Waals surface area (Å²) >= 11 is 0. The maximum Gasteiger partial charge on any atom is 0.331 e. The number of ether oxygens (including phenoxy) is 1. The predicted molar refractivity (Wildman–Crippen MR) is 91.5 cm³/mol. The van der Waals surface area contributed by atoms with Crippen LogP contribution in [-0.2, 0) is 14.3 Å². The number of ketones is 1. The molecule has 0 radical (unpaired) electrons. The highest BCUT2D eigenvalue weighted by atomic mass is 16.5. The van der Waals surface area contributed by atoms with E-state index in [2.05, 4.69) is 13.8 Å². The van der Waals surface area contributed by atoms with E-state index in [1.165, 1.54) is 0 Å². The van der Waals surface area contributed by atoms with Gasteiger partial charge in [0.2, 0.25) is 0 Å². The lowest BCUT2D eigenvalue weighted by Gasteiger charge is -2.59. The molecule has 4 fully saturated rings. The van der Waals surface area contributed by atoms with Crippen LogP contribution in [0.4, 0.5) is 0 Å². The van der Waals surface area contributed by atoms with Crippen LogP contribution in [0.2, 0.25) is 0 Å². The standard InChI is InChI=1S/C21H28O4/c1-20-6-5-12(22)7-11(20)3-4-13-14-8-17-15(9-18(24)25-17)21(14,2)10-16(23)19(13)20/h9,11-14,17,19,22H,3-8,10H2,1-2H3/t11-,12-,13+,14+,17-,19-,20+,21+/m1/s1. The van der Waals surface area contributed by atoms with Crippen molar-refractivity contribution < 1.29 is 19.4 Å². The Morgan fingerprint density at radius 2 is 1.96 bits per heavy atom. The maximum atomic E-state index is 13.4. The fourth-order valence-electron chi connectivity index (χ4n) is 7.57. The first-order valence-corrected chi connectivity index (χ1v) is 9.96. The van der Waals surface area contributed by atoms with Crippen molar-refractivity contribution in [1.82, 2.24) is 0 Å². The van der Waals surface area contributed by atoms with Gasteiger partial charge < -0.3 is 9.84 Å². The van der Waals surface area contributed by atoms with Crippen molar-refractivity contribution in [1.29, 1.82) is 0 Å². The Labute approximate surface area is 149 Å². The van der Waals surface area contributed by atoms with Crippen molar-refractivity contribution in [2.24, 2.45) is 34.5 Å². The predicted octanol–water partition coefficient (Wildman–Crippen LogP) is 3.03. The SMILES string of the molecule is C[C@]12CC[C@@H](O)C[C@H]1CC[C@@H]1[C@@H]2C(=O)C[C@]2(C)C3=CC(=O)O[C@@H]3C[C@@H]12. The van der Waals surface area contributed by atoms with Crippen LogP contribution >= 0.6 is 0 Å². The number of aliphatic hydroxyl groups is 1. The molecule has 4 nitrogen and oxygen atoms in total. The Kier molecular flexibility index (Phi) is 3.19. The van der Waals surface area contributed by atoms with Crippen molar-refractivity contribution in [2.75, 3.05) is 0 Å². The highest BCUT2D eigenvalue weighted by Gasteiger charge is 2.64. The van der Waals surface area contributed by atoms with Crippen molar-refractivity contribution in [3.05, 3.63) is 11.6 Å². The molecule has 4 saturated carbocycles. The van der Waals surface area contributed by atoms with E-state index in [0.29, 0.717) is 30.0 Å². The van der Waals surface area contributed by atoms with Crippen molar-refractivity contribution in [3.8, 4) is 0 Å². The molecule has 0 amide bonds. The van der Waals surface area contributed by atoms with Gasteiger partial charge in [-0.15, -0.1) is 0 Å². The summed E-state index contributed by atoms with van der Waals surface area (Å²) in [6.07, 6.45) is 7.71. The van der Waals surface area contributed by atoms with Crippen LogP contribution in [0.5, 0.6) is 0 Å². The molecule has 0 saturated heterocycles. The van der Waals surface area contributed by atoms with Gasteiger partial charge >= 0.3 is 5.97 Å². The van der Waals surface area contributed by atoms with Crippen LogP contribution in [0.25, 0.3) is 0 Å². The minimum atomic E-state index is -0.230. The molecule has 4 heteroatoms. The van der Waals surface area contributed by atoms with Gasteiger partial charge in [-0.3, -0.25) is 4.79 Å². The summed E-state index contributed by atoms with van der Waals surface area (Å²) in [6.45, 7) is 4.51. The van der Waals surface area contributed by atoms with E-state index in [4.69, 9.17) is 4.74 Å². The summed E-state index contributed by atoms with van der Waals surface area (Å²) in [5.41, 5.74) is 0.941. The Hall–Kier alpha value is -1.16. The summed E-state index contributed by atoms with van der Waals surface area (Å²) in [7, 11) is 0. The molecule has 4 aliphatic carbocycles. The van der Waals surface area contributed by atoms with Gasteiger partial charge in [-0.25, -0.2) is 4.79 Å².